The van der Waals surface area contributed by atoms with E-state index in [9.17, 15) is 19.2 Å². The highest BCUT2D eigenvalue weighted by Crippen LogP contribution is 2.25. The summed E-state index contributed by atoms with van der Waals surface area (Å²) >= 11 is 0. The summed E-state index contributed by atoms with van der Waals surface area (Å²) in [6.45, 7) is 0. The molecule has 9 heteroatoms. The lowest BCUT2D eigenvalue weighted by Crippen LogP contribution is -2.26. The number of imide groups is 1. The summed E-state index contributed by atoms with van der Waals surface area (Å²) in [4.78, 5) is 49.6. The zero-order valence-electron chi connectivity index (χ0n) is 15.8. The lowest BCUT2D eigenvalue weighted by atomic mass is 10.1. The molecule has 1 aliphatic heterocycles. The number of aromatic nitrogens is 1. The number of pyridine rings is 1. The number of hydrogen-bond donors (Lipinski definition) is 3. The molecule has 0 atom stereocenters. The van der Waals surface area contributed by atoms with Crippen molar-refractivity contribution in [1.82, 2.24) is 9.88 Å². The van der Waals surface area contributed by atoms with Crippen molar-refractivity contribution in [1.29, 1.82) is 0 Å². The molecule has 3 amide bonds. The van der Waals surface area contributed by atoms with Gasteiger partial charge in [0.1, 0.15) is 11.6 Å². The lowest BCUT2D eigenvalue weighted by Gasteiger charge is -2.15. The average Bonchev–Trinajstić information content (AvgIpc) is 3.01. The van der Waals surface area contributed by atoms with E-state index in [0.717, 1.165) is 10.6 Å². The Hall–Kier alpha value is -4.40. The summed E-state index contributed by atoms with van der Waals surface area (Å²) < 4.78 is 6.19. The van der Waals surface area contributed by atoms with Gasteiger partial charge in [-0.2, -0.15) is 0 Å². The standard InChI is InChI=1S/C21H16N4O5/c1-30-12-6-4-5-11(9-12)23-19(27)13-7-2-3-8-15(13)25-16(26)10-14-17(18(25)22)21(29)24-20(14)28/h2-10H,22H2,1H3,(H,23,27)(H,24,28,29). The van der Waals surface area contributed by atoms with Crippen molar-refractivity contribution < 1.29 is 19.1 Å². The predicted octanol–water partition coefficient (Wildman–Crippen LogP) is 1.56. The molecule has 1 aliphatic rings. The first kappa shape index (κ1) is 18.9. The summed E-state index contributed by atoms with van der Waals surface area (Å²) in [6.07, 6.45) is 0. The van der Waals surface area contributed by atoms with Crippen LogP contribution in [0.3, 0.4) is 0 Å². The molecular formula is C21H16N4O5. The van der Waals surface area contributed by atoms with Crippen molar-refractivity contribution in [2.75, 3.05) is 18.2 Å². The van der Waals surface area contributed by atoms with Gasteiger partial charge in [0.2, 0.25) is 0 Å². The van der Waals surface area contributed by atoms with Crippen molar-refractivity contribution in [3.63, 3.8) is 0 Å². The van der Waals surface area contributed by atoms with Gasteiger partial charge in [0.05, 0.1) is 29.5 Å². The number of nitrogens with zero attached hydrogens (tertiary/aromatic N) is 1. The van der Waals surface area contributed by atoms with E-state index in [-0.39, 0.29) is 28.2 Å². The van der Waals surface area contributed by atoms with E-state index in [4.69, 9.17) is 10.5 Å². The predicted molar refractivity (Wildman–Crippen MR) is 109 cm³/mol. The van der Waals surface area contributed by atoms with Crippen LogP contribution in [0.5, 0.6) is 5.75 Å². The largest absolute Gasteiger partial charge is 0.497 e. The second-order valence-electron chi connectivity index (χ2n) is 6.48. The second kappa shape index (κ2) is 7.21. The molecule has 1 aromatic heterocycles. The minimum absolute atomic E-state index is 0.0861. The topological polar surface area (TPSA) is 133 Å². The van der Waals surface area contributed by atoms with Crippen LogP contribution < -0.4 is 26.7 Å². The van der Waals surface area contributed by atoms with Gasteiger partial charge in [-0.25, -0.2) is 0 Å². The van der Waals surface area contributed by atoms with E-state index >= 15 is 0 Å². The number of fused-ring (bicyclic) bond motifs is 1. The third kappa shape index (κ3) is 3.08. The Balaban J connectivity index is 1.81. The molecule has 0 spiro atoms. The Morgan fingerprint density at radius 3 is 2.57 bits per heavy atom. The van der Waals surface area contributed by atoms with E-state index in [0.29, 0.717) is 11.4 Å². The number of carbonyl (C=O) groups is 3. The van der Waals surface area contributed by atoms with Crippen molar-refractivity contribution in [3.05, 3.63) is 81.6 Å². The van der Waals surface area contributed by atoms with E-state index in [1.54, 1.807) is 36.4 Å². The Kier molecular flexibility index (Phi) is 4.55. The zero-order chi connectivity index (χ0) is 21.4. The van der Waals surface area contributed by atoms with Crippen LogP contribution in [0.1, 0.15) is 31.1 Å². The van der Waals surface area contributed by atoms with Gasteiger partial charge < -0.3 is 15.8 Å². The van der Waals surface area contributed by atoms with Crippen LogP contribution in [-0.2, 0) is 0 Å². The normalized spacial score (nSPS) is 12.3. The Labute approximate surface area is 170 Å². The molecule has 0 saturated carbocycles. The lowest BCUT2D eigenvalue weighted by molar-refractivity contribution is 0.0879. The number of nitrogens with one attached hydrogen (secondary N) is 2. The Bertz CT molecular complexity index is 1280. The smallest absolute Gasteiger partial charge is 0.262 e. The van der Waals surface area contributed by atoms with E-state index < -0.39 is 23.3 Å². The minimum atomic E-state index is -0.695. The van der Waals surface area contributed by atoms with Gasteiger partial charge in [0.25, 0.3) is 23.3 Å². The monoisotopic (exact) mass is 404 g/mol. The number of para-hydroxylation sites is 1. The van der Waals surface area contributed by atoms with Crippen LogP contribution in [0.2, 0.25) is 0 Å². The highest BCUT2D eigenvalue weighted by atomic mass is 16.5. The number of amides is 3. The first-order chi connectivity index (χ1) is 14.4. The third-order valence-electron chi connectivity index (χ3n) is 4.67. The summed E-state index contributed by atoms with van der Waals surface area (Å²) in [6, 6.07) is 14.1. The molecule has 2 aromatic carbocycles. The van der Waals surface area contributed by atoms with Gasteiger partial charge in [-0.05, 0) is 24.3 Å². The maximum Gasteiger partial charge on any atom is 0.262 e. The van der Waals surface area contributed by atoms with Gasteiger partial charge in [0.15, 0.2) is 0 Å². The molecule has 150 valence electrons. The molecule has 0 fully saturated rings. The van der Waals surface area contributed by atoms with Crippen molar-refractivity contribution in [2.45, 2.75) is 0 Å². The number of nitrogen functional groups attached to an aromatic ring is 1. The van der Waals surface area contributed by atoms with Crippen LogP contribution in [0.4, 0.5) is 11.5 Å². The Morgan fingerprint density at radius 1 is 1.03 bits per heavy atom. The molecule has 4 N–H and O–H groups in total. The van der Waals surface area contributed by atoms with E-state index in [2.05, 4.69) is 10.6 Å². The van der Waals surface area contributed by atoms with Gasteiger partial charge in [-0.3, -0.25) is 29.1 Å². The molecule has 30 heavy (non-hydrogen) atoms. The van der Waals surface area contributed by atoms with Gasteiger partial charge in [-0.15, -0.1) is 0 Å². The first-order valence-corrected chi connectivity index (χ1v) is 8.86. The second-order valence-corrected chi connectivity index (χ2v) is 6.48. The van der Waals surface area contributed by atoms with Gasteiger partial charge in [-0.1, -0.05) is 18.2 Å². The van der Waals surface area contributed by atoms with Crippen LogP contribution in [0.15, 0.2) is 59.4 Å². The van der Waals surface area contributed by atoms with E-state index in [1.165, 1.54) is 19.2 Å². The summed E-state index contributed by atoms with van der Waals surface area (Å²) in [5.41, 5.74) is 6.08. The molecule has 0 unspecified atom stereocenters. The van der Waals surface area contributed by atoms with Crippen LogP contribution >= 0.6 is 0 Å². The maximum atomic E-state index is 12.9. The summed E-state index contributed by atoms with van der Waals surface area (Å²) in [5, 5.41) is 4.85. The van der Waals surface area contributed by atoms with Crippen molar-refractivity contribution in [3.8, 4) is 11.4 Å². The highest BCUT2D eigenvalue weighted by Gasteiger charge is 2.32. The average molecular weight is 404 g/mol. The molecule has 0 bridgehead atoms. The molecule has 9 nitrogen and oxygen atoms in total. The zero-order valence-corrected chi connectivity index (χ0v) is 15.8. The molecule has 4 rings (SSSR count). The van der Waals surface area contributed by atoms with Gasteiger partial charge in [0, 0.05) is 17.8 Å². The molecular weight excluding hydrogens is 388 g/mol. The minimum Gasteiger partial charge on any atom is -0.497 e. The summed E-state index contributed by atoms with van der Waals surface area (Å²) in [7, 11) is 1.51. The first-order valence-electron chi connectivity index (χ1n) is 8.86. The third-order valence-corrected chi connectivity index (χ3v) is 4.67. The number of methoxy groups -OCH3 is 1. The fourth-order valence-corrected chi connectivity index (χ4v) is 3.29. The molecule has 2 heterocycles. The number of carbonyl (C=O) groups excluding carboxylic acids is 3. The fraction of sp³-hybridized carbons (Fsp3) is 0.0476. The number of benzene rings is 2. The summed E-state index contributed by atoms with van der Waals surface area (Å²) in [5.74, 6) is -1.53. The van der Waals surface area contributed by atoms with Crippen molar-refractivity contribution >= 4 is 29.2 Å². The van der Waals surface area contributed by atoms with Crippen LogP contribution in [0, 0.1) is 0 Å². The van der Waals surface area contributed by atoms with Crippen LogP contribution in [-0.4, -0.2) is 29.4 Å². The van der Waals surface area contributed by atoms with E-state index in [1.807, 2.05) is 0 Å². The SMILES string of the molecule is COc1cccc(NC(=O)c2ccccc2-n2c(N)c3c(cc2=O)C(=O)NC3=O)c1. The number of anilines is 2. The molecule has 0 radical (unpaired) electrons. The number of ether oxygens (including phenoxy) is 1. The number of rotatable bonds is 4. The van der Waals surface area contributed by atoms with Crippen molar-refractivity contribution in [2.24, 2.45) is 0 Å². The van der Waals surface area contributed by atoms with Crippen LogP contribution in [0.25, 0.3) is 5.69 Å². The Morgan fingerprint density at radius 2 is 1.80 bits per heavy atom. The van der Waals surface area contributed by atoms with Gasteiger partial charge >= 0.3 is 0 Å². The quantitative estimate of drug-likeness (QED) is 0.566. The molecule has 0 aliphatic carbocycles. The maximum absolute atomic E-state index is 12.9. The fourth-order valence-electron chi connectivity index (χ4n) is 3.29. The molecule has 3 aromatic rings. The number of nitrogens with two attached hydrogens (primary N) is 1. The number of hydrogen-bond acceptors (Lipinski definition) is 6. The molecule has 0 saturated heterocycles. The highest BCUT2D eigenvalue weighted by molar-refractivity contribution is 6.23.